The predicted octanol–water partition coefficient (Wildman–Crippen LogP) is 5.24. The molecule has 1 aliphatic heterocycles. The molecule has 6 heteroatoms. The van der Waals surface area contributed by atoms with Crippen molar-refractivity contribution in [2.45, 2.75) is 30.7 Å². The van der Waals surface area contributed by atoms with Crippen LogP contribution in [0.25, 0.3) is 11.1 Å². The molecule has 0 aromatic heterocycles. The first-order valence-corrected chi connectivity index (χ1v) is 11.1. The van der Waals surface area contributed by atoms with E-state index in [0.29, 0.717) is 6.42 Å². The highest BCUT2D eigenvalue weighted by molar-refractivity contribution is 5.86. The van der Waals surface area contributed by atoms with Crippen LogP contribution < -0.4 is 0 Å². The number of likely N-dealkylation sites (tertiary alicyclic amines) is 1. The van der Waals surface area contributed by atoms with Gasteiger partial charge in [0.05, 0.1) is 0 Å². The third-order valence-corrected chi connectivity index (χ3v) is 6.88. The maximum Gasteiger partial charge on any atom is 0.410 e. The summed E-state index contributed by atoms with van der Waals surface area (Å²) in [5.41, 5.74) is 3.17. The molecule has 1 atom stereocenters. The number of benzene rings is 3. The first-order valence-electron chi connectivity index (χ1n) is 11.1. The summed E-state index contributed by atoms with van der Waals surface area (Å²) in [6, 6.07) is 22.2. The summed E-state index contributed by atoms with van der Waals surface area (Å²) >= 11 is 0. The second-order valence-corrected chi connectivity index (χ2v) is 8.66. The van der Waals surface area contributed by atoms with Gasteiger partial charge in [-0.3, -0.25) is 4.90 Å². The molecule has 5 nitrogen and oxygen atoms in total. The molecule has 1 aliphatic carbocycles. The molecule has 5 rings (SSSR count). The zero-order valence-corrected chi connectivity index (χ0v) is 18.0. The number of hydrogen-bond donors (Lipinski definition) is 1. The molecule has 33 heavy (non-hydrogen) atoms. The summed E-state index contributed by atoms with van der Waals surface area (Å²) in [5.74, 6) is -1.73. The van der Waals surface area contributed by atoms with Crippen molar-refractivity contribution in [3.05, 3.63) is 95.3 Å². The van der Waals surface area contributed by atoms with E-state index in [9.17, 15) is 19.1 Å². The second kappa shape index (κ2) is 8.35. The van der Waals surface area contributed by atoms with Crippen molar-refractivity contribution in [2.24, 2.45) is 0 Å². The second-order valence-electron chi connectivity index (χ2n) is 8.66. The number of aliphatic carboxylic acids is 1. The van der Waals surface area contributed by atoms with E-state index < -0.39 is 23.4 Å². The molecule has 3 aromatic carbocycles. The molecule has 168 valence electrons. The summed E-state index contributed by atoms with van der Waals surface area (Å²) in [5, 5.41) is 10.1. The van der Waals surface area contributed by atoms with E-state index >= 15 is 0 Å². The Morgan fingerprint density at radius 3 is 2.21 bits per heavy atom. The maximum atomic E-state index is 14.3. The van der Waals surface area contributed by atoms with E-state index in [1.165, 1.54) is 11.0 Å². The molecule has 1 amide bonds. The number of nitrogens with zero attached hydrogens (tertiary/aromatic N) is 1. The van der Waals surface area contributed by atoms with Gasteiger partial charge in [0.25, 0.3) is 0 Å². The Kier molecular flexibility index (Phi) is 5.36. The lowest BCUT2D eigenvalue weighted by atomic mass is 9.88. The van der Waals surface area contributed by atoms with Crippen LogP contribution >= 0.6 is 0 Å². The normalized spacial score (nSPS) is 19.2. The Bertz CT molecular complexity index is 1180. The van der Waals surface area contributed by atoms with E-state index in [2.05, 4.69) is 12.1 Å². The lowest BCUT2D eigenvalue weighted by Gasteiger charge is -2.34. The van der Waals surface area contributed by atoms with Gasteiger partial charge in [0, 0.05) is 18.9 Å². The highest BCUT2D eigenvalue weighted by atomic mass is 19.1. The Balaban J connectivity index is 1.38. The van der Waals surface area contributed by atoms with Crippen LogP contribution in [0.3, 0.4) is 0 Å². The molecule has 0 spiro atoms. The quantitative estimate of drug-likeness (QED) is 0.584. The fourth-order valence-corrected chi connectivity index (χ4v) is 5.26. The van der Waals surface area contributed by atoms with Gasteiger partial charge < -0.3 is 9.84 Å². The third kappa shape index (κ3) is 3.55. The van der Waals surface area contributed by atoms with Gasteiger partial charge in [0.1, 0.15) is 18.0 Å². The number of carboxylic acids is 1. The number of amides is 1. The number of carbonyl (C=O) groups is 2. The fourth-order valence-electron chi connectivity index (χ4n) is 5.26. The van der Waals surface area contributed by atoms with Crippen molar-refractivity contribution in [3.8, 4) is 11.1 Å². The van der Waals surface area contributed by atoms with Gasteiger partial charge in [-0.25, -0.2) is 14.0 Å². The number of carboxylic acid groups (broad SMARTS) is 1. The van der Waals surface area contributed by atoms with Gasteiger partial charge in [-0.2, -0.15) is 0 Å². The van der Waals surface area contributed by atoms with E-state index in [1.54, 1.807) is 18.2 Å². The Hall–Kier alpha value is -3.67. The van der Waals surface area contributed by atoms with Crippen LogP contribution in [-0.4, -0.2) is 40.8 Å². The Morgan fingerprint density at radius 1 is 0.970 bits per heavy atom. The molecule has 0 radical (unpaired) electrons. The van der Waals surface area contributed by atoms with Gasteiger partial charge in [0.15, 0.2) is 0 Å². The average molecular weight is 445 g/mol. The van der Waals surface area contributed by atoms with Crippen LogP contribution in [-0.2, 0) is 16.0 Å². The molecule has 1 N–H and O–H groups in total. The smallest absolute Gasteiger partial charge is 0.410 e. The number of carbonyl (C=O) groups excluding carboxylic acids is 1. The maximum absolute atomic E-state index is 14.3. The molecule has 0 unspecified atom stereocenters. The van der Waals surface area contributed by atoms with E-state index in [-0.39, 0.29) is 37.5 Å². The molecule has 1 heterocycles. The van der Waals surface area contributed by atoms with Crippen molar-refractivity contribution < 1.29 is 23.8 Å². The molecule has 1 fully saturated rings. The van der Waals surface area contributed by atoms with Crippen molar-refractivity contribution in [1.29, 1.82) is 0 Å². The van der Waals surface area contributed by atoms with Gasteiger partial charge in [-0.05, 0) is 46.7 Å². The molecular weight excluding hydrogens is 421 g/mol. The van der Waals surface area contributed by atoms with E-state index in [1.807, 2.05) is 36.4 Å². The lowest BCUT2D eigenvalue weighted by Crippen LogP contribution is -2.55. The van der Waals surface area contributed by atoms with Crippen LogP contribution in [0.1, 0.15) is 35.4 Å². The van der Waals surface area contributed by atoms with Crippen LogP contribution in [0.4, 0.5) is 9.18 Å². The number of rotatable bonds is 5. The zero-order chi connectivity index (χ0) is 23.0. The van der Waals surface area contributed by atoms with Gasteiger partial charge >= 0.3 is 12.1 Å². The summed E-state index contributed by atoms with van der Waals surface area (Å²) in [7, 11) is 0. The minimum atomic E-state index is -1.52. The highest BCUT2D eigenvalue weighted by Gasteiger charge is 2.51. The molecule has 3 aromatic rings. The minimum Gasteiger partial charge on any atom is -0.479 e. The first-order chi connectivity index (χ1) is 16.0. The number of hydrogen-bond acceptors (Lipinski definition) is 3. The van der Waals surface area contributed by atoms with Crippen molar-refractivity contribution >= 4 is 12.1 Å². The van der Waals surface area contributed by atoms with Crippen molar-refractivity contribution in [2.75, 3.05) is 13.2 Å². The lowest BCUT2D eigenvalue weighted by molar-refractivity contribution is -0.148. The van der Waals surface area contributed by atoms with Gasteiger partial charge in [-0.1, -0.05) is 66.7 Å². The largest absolute Gasteiger partial charge is 0.479 e. The first kappa shape index (κ1) is 21.2. The predicted molar refractivity (Wildman–Crippen MR) is 121 cm³/mol. The third-order valence-electron chi connectivity index (χ3n) is 6.88. The summed E-state index contributed by atoms with van der Waals surface area (Å²) in [6.45, 7) is 0.371. The highest BCUT2D eigenvalue weighted by Crippen LogP contribution is 2.44. The molecule has 2 aliphatic rings. The fraction of sp³-hybridized carbons (Fsp3) is 0.259. The number of fused-ring (bicyclic) bond motifs is 3. The summed E-state index contributed by atoms with van der Waals surface area (Å²) in [6.07, 6.45) is -0.00141. The minimum absolute atomic E-state index is 0.0980. The number of halogens is 1. The van der Waals surface area contributed by atoms with E-state index in [4.69, 9.17) is 4.74 Å². The van der Waals surface area contributed by atoms with Crippen molar-refractivity contribution in [3.63, 3.8) is 0 Å². The SMILES string of the molecule is O=C(OCC1c2ccccc2-c2ccccc21)N1CCC[C@@]1(Cc1ccccc1F)C(=O)O. The topological polar surface area (TPSA) is 66.8 Å². The van der Waals surface area contributed by atoms with Gasteiger partial charge in [0.2, 0.25) is 0 Å². The monoisotopic (exact) mass is 445 g/mol. The zero-order valence-electron chi connectivity index (χ0n) is 18.0. The van der Waals surface area contributed by atoms with Gasteiger partial charge in [-0.15, -0.1) is 0 Å². The molecule has 0 bridgehead atoms. The van der Waals surface area contributed by atoms with E-state index in [0.717, 1.165) is 22.3 Å². The molecule has 0 saturated carbocycles. The van der Waals surface area contributed by atoms with Crippen LogP contribution in [0.5, 0.6) is 0 Å². The van der Waals surface area contributed by atoms with Crippen molar-refractivity contribution in [1.82, 2.24) is 4.90 Å². The standard InChI is InChI=1S/C27H24FNO4/c28-24-13-6-1-8-18(24)16-27(25(30)31)14-7-15-29(27)26(32)33-17-23-21-11-4-2-9-19(21)20-10-3-5-12-22(20)23/h1-6,8-13,23H,7,14-17H2,(H,30,31)/t27-/m1/s1. The van der Waals surface area contributed by atoms with Crippen LogP contribution in [0.15, 0.2) is 72.8 Å². The number of ether oxygens (including phenoxy) is 1. The summed E-state index contributed by atoms with van der Waals surface area (Å²) < 4.78 is 20.0. The van der Waals surface area contributed by atoms with Crippen LogP contribution in [0, 0.1) is 5.82 Å². The van der Waals surface area contributed by atoms with Crippen LogP contribution in [0.2, 0.25) is 0 Å². The average Bonchev–Trinajstić information content (AvgIpc) is 3.39. The molecule has 1 saturated heterocycles. The summed E-state index contributed by atoms with van der Waals surface area (Å²) in [4.78, 5) is 26.8. The molecular formula is C27H24FNO4. The Morgan fingerprint density at radius 2 is 1.58 bits per heavy atom. The Labute approximate surface area is 191 Å².